The Hall–Kier alpha value is -1.61. The fraction of sp³-hybridized carbons (Fsp3) is 0.150. The van der Waals surface area contributed by atoms with E-state index >= 15 is 0 Å². The van der Waals surface area contributed by atoms with Crippen molar-refractivity contribution in [1.29, 1.82) is 0 Å². The van der Waals surface area contributed by atoms with Gasteiger partial charge in [0.1, 0.15) is 0 Å². The molecule has 2 aliphatic carbocycles. The van der Waals surface area contributed by atoms with E-state index in [2.05, 4.69) is 78.9 Å². The molecule has 0 amide bonds. The van der Waals surface area contributed by atoms with Gasteiger partial charge in [0.15, 0.2) is 0 Å². The average molecular weight is 264 g/mol. The van der Waals surface area contributed by atoms with Crippen LogP contribution in [0, 0.1) is 17.8 Å². The number of fused-ring (bicyclic) bond motifs is 2. The van der Waals surface area contributed by atoms with Crippen LogP contribution in [0.2, 0.25) is 0 Å². The van der Waals surface area contributed by atoms with E-state index in [-0.39, 0.29) is 18.9 Å². The van der Waals surface area contributed by atoms with Crippen LogP contribution < -0.4 is 18.9 Å². The molecule has 0 aromatic heterocycles. The summed E-state index contributed by atoms with van der Waals surface area (Å²) in [6.07, 6.45) is 8.42. The van der Waals surface area contributed by atoms with E-state index in [1.54, 1.807) is 0 Å². The molecule has 0 saturated carbocycles. The summed E-state index contributed by atoms with van der Waals surface area (Å²) < 4.78 is 0. The Morgan fingerprint density at radius 2 is 1.48 bits per heavy atom. The van der Waals surface area contributed by atoms with Crippen molar-refractivity contribution in [2.24, 2.45) is 11.8 Å². The largest absolute Gasteiger partial charge is 1.00 e. The first-order chi connectivity index (χ1) is 9.92. The van der Waals surface area contributed by atoms with Gasteiger partial charge in [-0.25, -0.2) is 0 Å². The van der Waals surface area contributed by atoms with Crippen LogP contribution >= 0.6 is 0 Å². The molecule has 98 valence electrons. The fourth-order valence-electron chi connectivity index (χ4n) is 3.40. The monoisotopic (exact) mass is 264 g/mol. The topological polar surface area (TPSA) is 0 Å². The third-order valence-corrected chi connectivity index (χ3v) is 4.41. The molecule has 2 bridgehead atoms. The summed E-state index contributed by atoms with van der Waals surface area (Å²) in [7, 11) is 0. The van der Waals surface area contributed by atoms with Gasteiger partial charge in [-0.05, 0) is 18.3 Å². The molecule has 1 heteroatoms. The molecule has 0 nitrogen and oxygen atoms in total. The van der Waals surface area contributed by atoms with Crippen LogP contribution in [0.4, 0.5) is 0 Å². The van der Waals surface area contributed by atoms with Crippen molar-refractivity contribution in [3.05, 3.63) is 95.9 Å². The Bertz CT molecular complexity index is 655. The SMILES string of the molecule is C1=CC2CC1C(c1ccccc1)=C[C-]2c1ccccc1.[Li+]. The molecular weight excluding hydrogens is 247 g/mol. The zero-order chi connectivity index (χ0) is 13.4. The maximum absolute atomic E-state index is 2.42. The van der Waals surface area contributed by atoms with Crippen molar-refractivity contribution in [2.45, 2.75) is 6.42 Å². The van der Waals surface area contributed by atoms with Gasteiger partial charge in [0.2, 0.25) is 0 Å². The fourth-order valence-corrected chi connectivity index (χ4v) is 3.40. The Balaban J connectivity index is 0.00000132. The minimum absolute atomic E-state index is 0. The van der Waals surface area contributed by atoms with E-state index in [1.807, 2.05) is 0 Å². The first-order valence-corrected chi connectivity index (χ1v) is 7.29. The third-order valence-electron chi connectivity index (χ3n) is 4.41. The van der Waals surface area contributed by atoms with Crippen molar-refractivity contribution in [3.63, 3.8) is 0 Å². The quantitative estimate of drug-likeness (QED) is 0.441. The van der Waals surface area contributed by atoms with Gasteiger partial charge in [-0.1, -0.05) is 54.1 Å². The van der Waals surface area contributed by atoms with Gasteiger partial charge in [-0.3, -0.25) is 0 Å². The van der Waals surface area contributed by atoms with Gasteiger partial charge in [0, 0.05) is 0 Å². The number of hydrogen-bond donors (Lipinski definition) is 0. The Morgan fingerprint density at radius 3 is 2.19 bits per heavy atom. The van der Waals surface area contributed by atoms with E-state index in [0.29, 0.717) is 11.8 Å². The predicted molar refractivity (Wildman–Crippen MR) is 83.9 cm³/mol. The van der Waals surface area contributed by atoms with Gasteiger partial charge >= 0.3 is 18.9 Å². The molecular formula is C20H17Li. The predicted octanol–water partition coefficient (Wildman–Crippen LogP) is 1.90. The molecule has 0 N–H and O–H groups in total. The van der Waals surface area contributed by atoms with Crippen LogP contribution in [0.15, 0.2) is 78.9 Å². The normalized spacial score (nSPS) is 22.7. The summed E-state index contributed by atoms with van der Waals surface area (Å²) in [6.45, 7) is 0. The van der Waals surface area contributed by atoms with Crippen LogP contribution in [0.5, 0.6) is 0 Å². The van der Waals surface area contributed by atoms with Crippen molar-refractivity contribution in [3.8, 4) is 0 Å². The molecule has 2 aromatic carbocycles. The molecule has 2 atom stereocenters. The summed E-state index contributed by atoms with van der Waals surface area (Å²) in [4.78, 5) is 0. The summed E-state index contributed by atoms with van der Waals surface area (Å²) >= 11 is 0. The molecule has 0 radical (unpaired) electrons. The smallest absolute Gasteiger partial charge is 0.144 e. The minimum atomic E-state index is 0. The molecule has 2 unspecified atom stereocenters. The number of benzene rings is 2. The van der Waals surface area contributed by atoms with E-state index in [4.69, 9.17) is 0 Å². The molecule has 0 saturated heterocycles. The van der Waals surface area contributed by atoms with Crippen LogP contribution in [0.3, 0.4) is 0 Å². The van der Waals surface area contributed by atoms with Gasteiger partial charge in [-0.2, -0.15) is 0 Å². The summed E-state index contributed by atoms with van der Waals surface area (Å²) in [6, 6.07) is 21.6. The van der Waals surface area contributed by atoms with Crippen LogP contribution in [-0.4, -0.2) is 0 Å². The molecule has 0 aliphatic heterocycles. The number of allylic oxidation sites excluding steroid dienone is 4. The molecule has 21 heavy (non-hydrogen) atoms. The van der Waals surface area contributed by atoms with Gasteiger partial charge in [0.05, 0.1) is 0 Å². The second-order valence-electron chi connectivity index (χ2n) is 5.62. The van der Waals surface area contributed by atoms with Crippen molar-refractivity contribution < 1.29 is 18.9 Å². The van der Waals surface area contributed by atoms with E-state index in [1.165, 1.54) is 29.0 Å². The Labute approximate surface area is 138 Å². The molecule has 2 aromatic rings. The average Bonchev–Trinajstić information content (AvgIpc) is 2.93. The van der Waals surface area contributed by atoms with Crippen molar-refractivity contribution >= 4 is 5.57 Å². The zero-order valence-corrected chi connectivity index (χ0v) is 12.4. The summed E-state index contributed by atoms with van der Waals surface area (Å²) in [5.41, 5.74) is 4.18. The maximum Gasteiger partial charge on any atom is 1.00 e. The van der Waals surface area contributed by atoms with E-state index in [0.717, 1.165) is 0 Å². The van der Waals surface area contributed by atoms with Crippen LogP contribution in [-0.2, 0) is 0 Å². The van der Waals surface area contributed by atoms with Crippen molar-refractivity contribution in [1.82, 2.24) is 0 Å². The summed E-state index contributed by atoms with van der Waals surface area (Å²) in [5.74, 6) is 2.65. The first kappa shape index (κ1) is 14.3. The molecule has 4 rings (SSSR count). The molecule has 0 fully saturated rings. The van der Waals surface area contributed by atoms with Gasteiger partial charge < -0.3 is 0 Å². The van der Waals surface area contributed by atoms with E-state index < -0.39 is 0 Å². The second kappa shape index (κ2) is 6.02. The van der Waals surface area contributed by atoms with Crippen LogP contribution in [0.1, 0.15) is 17.5 Å². The molecule has 0 heterocycles. The Kier molecular flexibility index (Phi) is 4.11. The molecule has 0 spiro atoms. The van der Waals surface area contributed by atoms with Crippen molar-refractivity contribution in [2.75, 3.05) is 0 Å². The third kappa shape index (κ3) is 2.62. The maximum atomic E-state index is 2.42. The first-order valence-electron chi connectivity index (χ1n) is 7.29. The van der Waals surface area contributed by atoms with Gasteiger partial charge in [-0.15, -0.1) is 47.4 Å². The number of rotatable bonds is 2. The second-order valence-corrected chi connectivity index (χ2v) is 5.62. The number of hydrogen-bond acceptors (Lipinski definition) is 0. The summed E-state index contributed by atoms with van der Waals surface area (Å²) in [5, 5.41) is 0. The van der Waals surface area contributed by atoms with Crippen LogP contribution in [0.25, 0.3) is 5.57 Å². The van der Waals surface area contributed by atoms with E-state index in [9.17, 15) is 0 Å². The van der Waals surface area contributed by atoms with Gasteiger partial charge in [0.25, 0.3) is 0 Å². The zero-order valence-electron chi connectivity index (χ0n) is 12.4. The standard InChI is InChI=1S/C20H17.Li/c1-3-7-15(8-4-1)19-14-20(16-9-5-2-6-10-16)18-12-11-17(19)13-18;/h1-12,14,17-18H,13H2;/q-1;+1. The Morgan fingerprint density at radius 1 is 0.810 bits per heavy atom. The molecule has 2 aliphatic rings. The minimum Gasteiger partial charge on any atom is -0.144 e.